The summed E-state index contributed by atoms with van der Waals surface area (Å²) in [5.74, 6) is -1.81. The van der Waals surface area contributed by atoms with Gasteiger partial charge in [-0.1, -0.05) is 12.1 Å². The molecule has 3 aliphatic heterocycles. The van der Waals surface area contributed by atoms with Crippen molar-refractivity contribution in [2.45, 2.75) is 50.0 Å². The molecule has 0 spiro atoms. The Kier molecular flexibility index (Phi) is 4.74. The van der Waals surface area contributed by atoms with Crippen molar-refractivity contribution in [3.63, 3.8) is 0 Å². The van der Waals surface area contributed by atoms with Crippen LogP contribution in [0.1, 0.15) is 24.8 Å². The molecule has 2 saturated heterocycles. The third kappa shape index (κ3) is 3.46. The highest BCUT2D eigenvalue weighted by Gasteiger charge is 2.56. The number of hydrogen-bond donors (Lipinski definition) is 0. The fraction of sp³-hybridized carbons (Fsp3) is 0.400. The Morgan fingerprint density at radius 3 is 2.71 bits per heavy atom. The lowest BCUT2D eigenvalue weighted by atomic mass is 9.95. The molecule has 3 unspecified atom stereocenters. The molecule has 0 aliphatic carbocycles. The topological polar surface area (TPSA) is 69.5 Å². The standard InChI is InChI=1S/C25H24F2N4O3/c1-30-17-9-18(10-21(30)25(26,27)11-17)34-22-6-5-20-19-4-3-14(7-16(19)13-33-24(20)29-22)15-8-23(32)31(2)28-12-15/h3-8,12,17-18,21H,9-11,13H2,1-2H3. The number of nitrogens with zero attached hydrogens (tertiary/aromatic N) is 4. The predicted octanol–water partition coefficient (Wildman–Crippen LogP) is 3.65. The normalized spacial score (nSPS) is 24.8. The highest BCUT2D eigenvalue weighted by Crippen LogP contribution is 2.46. The summed E-state index contributed by atoms with van der Waals surface area (Å²) in [7, 11) is 3.38. The highest BCUT2D eigenvalue weighted by molar-refractivity contribution is 5.77. The van der Waals surface area contributed by atoms with E-state index < -0.39 is 12.0 Å². The molecule has 2 aromatic heterocycles. The molecule has 2 bridgehead atoms. The zero-order valence-corrected chi connectivity index (χ0v) is 18.9. The number of rotatable bonds is 3. The molecule has 0 N–H and O–H groups in total. The summed E-state index contributed by atoms with van der Waals surface area (Å²) in [4.78, 5) is 18.3. The molecule has 5 heterocycles. The molecule has 0 radical (unpaired) electrons. The van der Waals surface area contributed by atoms with Crippen molar-refractivity contribution < 1.29 is 18.3 Å². The van der Waals surface area contributed by atoms with Gasteiger partial charge in [0.1, 0.15) is 12.7 Å². The summed E-state index contributed by atoms with van der Waals surface area (Å²) in [5, 5.41) is 4.09. The van der Waals surface area contributed by atoms with E-state index in [-0.39, 0.29) is 30.5 Å². The first-order valence-corrected chi connectivity index (χ1v) is 11.4. The molecule has 34 heavy (non-hydrogen) atoms. The minimum Gasteiger partial charge on any atom is -0.474 e. The van der Waals surface area contributed by atoms with E-state index in [0.29, 0.717) is 24.8 Å². The average Bonchev–Trinajstić information content (AvgIpc) is 2.93. The van der Waals surface area contributed by atoms with Crippen molar-refractivity contribution in [1.82, 2.24) is 19.7 Å². The monoisotopic (exact) mass is 466 g/mol. The lowest BCUT2D eigenvalue weighted by Crippen LogP contribution is -2.47. The number of benzene rings is 1. The molecule has 9 heteroatoms. The molecule has 6 rings (SSSR count). The van der Waals surface area contributed by atoms with E-state index >= 15 is 0 Å². The third-order valence-corrected chi connectivity index (χ3v) is 7.27. The van der Waals surface area contributed by atoms with Crippen LogP contribution in [-0.4, -0.2) is 50.8 Å². The van der Waals surface area contributed by atoms with Crippen molar-refractivity contribution in [2.75, 3.05) is 7.05 Å². The number of halogens is 2. The van der Waals surface area contributed by atoms with Gasteiger partial charge in [-0.25, -0.2) is 13.5 Å². The molecule has 3 aromatic rings. The molecule has 2 fully saturated rings. The average molecular weight is 466 g/mol. The Morgan fingerprint density at radius 1 is 1.09 bits per heavy atom. The summed E-state index contributed by atoms with van der Waals surface area (Å²) in [5.41, 5.74) is 4.29. The number of ether oxygens (including phenoxy) is 2. The number of alkyl halides is 2. The van der Waals surface area contributed by atoms with E-state index in [1.54, 1.807) is 37.3 Å². The van der Waals surface area contributed by atoms with Gasteiger partial charge < -0.3 is 9.47 Å². The second-order valence-corrected chi connectivity index (χ2v) is 9.38. The lowest BCUT2D eigenvalue weighted by Gasteiger charge is -2.36. The van der Waals surface area contributed by atoms with Crippen LogP contribution in [0.5, 0.6) is 11.8 Å². The quantitative estimate of drug-likeness (QED) is 0.587. The van der Waals surface area contributed by atoms with Crippen molar-refractivity contribution in [1.29, 1.82) is 0 Å². The van der Waals surface area contributed by atoms with E-state index in [9.17, 15) is 13.6 Å². The van der Waals surface area contributed by atoms with Crippen LogP contribution in [0.3, 0.4) is 0 Å². The van der Waals surface area contributed by atoms with Crippen molar-refractivity contribution in [2.24, 2.45) is 7.05 Å². The van der Waals surface area contributed by atoms with Gasteiger partial charge in [0.25, 0.3) is 11.5 Å². The minimum atomic E-state index is -2.67. The SMILES string of the molecule is CN1C2CC(Oc3ccc4c(n3)OCc3cc(-c5cnn(C)c(=O)c5)ccc3-4)CC1C(F)(F)C2. The number of pyridine rings is 1. The molecule has 0 saturated carbocycles. The van der Waals surface area contributed by atoms with Gasteiger partial charge in [0.05, 0.1) is 12.2 Å². The first-order valence-electron chi connectivity index (χ1n) is 11.4. The van der Waals surface area contributed by atoms with Crippen LogP contribution in [0.15, 0.2) is 47.4 Å². The summed E-state index contributed by atoms with van der Waals surface area (Å²) in [6.07, 6.45) is 2.10. The van der Waals surface area contributed by atoms with Gasteiger partial charge in [0.2, 0.25) is 11.8 Å². The summed E-state index contributed by atoms with van der Waals surface area (Å²) >= 11 is 0. The Morgan fingerprint density at radius 2 is 1.91 bits per heavy atom. The van der Waals surface area contributed by atoms with Crippen LogP contribution in [0.4, 0.5) is 8.78 Å². The van der Waals surface area contributed by atoms with Crippen LogP contribution in [0, 0.1) is 0 Å². The number of aromatic nitrogens is 3. The van der Waals surface area contributed by atoms with Crippen LogP contribution < -0.4 is 15.0 Å². The van der Waals surface area contributed by atoms with Crippen molar-refractivity contribution in [3.8, 4) is 34.0 Å². The molecular formula is C25H24F2N4O3. The third-order valence-electron chi connectivity index (χ3n) is 7.27. The largest absolute Gasteiger partial charge is 0.474 e. The Bertz CT molecular complexity index is 1340. The Labute approximate surface area is 194 Å². The molecule has 0 amide bonds. The first-order chi connectivity index (χ1) is 16.3. The molecular weight excluding hydrogens is 442 g/mol. The maximum Gasteiger partial charge on any atom is 0.267 e. The number of piperidine rings is 1. The van der Waals surface area contributed by atoms with Gasteiger partial charge in [0, 0.05) is 55.6 Å². The second kappa shape index (κ2) is 7.59. The van der Waals surface area contributed by atoms with Gasteiger partial charge in [-0.3, -0.25) is 9.69 Å². The van der Waals surface area contributed by atoms with Gasteiger partial charge >= 0.3 is 0 Å². The van der Waals surface area contributed by atoms with Gasteiger partial charge in [-0.05, 0) is 35.9 Å². The zero-order chi connectivity index (χ0) is 23.6. The second-order valence-electron chi connectivity index (χ2n) is 9.38. The van der Waals surface area contributed by atoms with E-state index in [0.717, 1.165) is 27.8 Å². The Hall–Kier alpha value is -3.33. The predicted molar refractivity (Wildman–Crippen MR) is 121 cm³/mol. The molecule has 3 atom stereocenters. The molecule has 176 valence electrons. The number of aryl methyl sites for hydroxylation is 1. The summed E-state index contributed by atoms with van der Waals surface area (Å²) in [6.45, 7) is 0.329. The lowest BCUT2D eigenvalue weighted by molar-refractivity contribution is -0.0479. The zero-order valence-electron chi connectivity index (χ0n) is 18.9. The fourth-order valence-corrected chi connectivity index (χ4v) is 5.38. The maximum absolute atomic E-state index is 14.2. The maximum atomic E-state index is 14.2. The van der Waals surface area contributed by atoms with Crippen LogP contribution in [0.25, 0.3) is 22.3 Å². The summed E-state index contributed by atoms with van der Waals surface area (Å²) in [6, 6.07) is 10.2. The summed E-state index contributed by atoms with van der Waals surface area (Å²) < 4.78 is 41.7. The van der Waals surface area contributed by atoms with E-state index in [1.807, 2.05) is 24.3 Å². The van der Waals surface area contributed by atoms with Gasteiger partial charge in [0.15, 0.2) is 0 Å². The molecule has 7 nitrogen and oxygen atoms in total. The Balaban J connectivity index is 1.23. The smallest absolute Gasteiger partial charge is 0.267 e. The molecule has 1 aromatic carbocycles. The van der Waals surface area contributed by atoms with E-state index in [4.69, 9.17) is 9.47 Å². The van der Waals surface area contributed by atoms with E-state index in [2.05, 4.69) is 10.1 Å². The number of fused-ring (bicyclic) bond motifs is 5. The van der Waals surface area contributed by atoms with Crippen molar-refractivity contribution >= 4 is 0 Å². The van der Waals surface area contributed by atoms with Crippen LogP contribution in [0.2, 0.25) is 0 Å². The molecule has 3 aliphatic rings. The minimum absolute atomic E-state index is 0.110. The van der Waals surface area contributed by atoms with Gasteiger partial charge in [-0.2, -0.15) is 10.1 Å². The van der Waals surface area contributed by atoms with E-state index in [1.165, 1.54) is 4.68 Å². The van der Waals surface area contributed by atoms with Crippen LogP contribution >= 0.6 is 0 Å². The van der Waals surface area contributed by atoms with Gasteiger partial charge in [-0.15, -0.1) is 0 Å². The fourth-order valence-electron chi connectivity index (χ4n) is 5.38. The van der Waals surface area contributed by atoms with Crippen LogP contribution in [-0.2, 0) is 13.7 Å². The van der Waals surface area contributed by atoms with Crippen molar-refractivity contribution in [3.05, 3.63) is 58.5 Å². The highest BCUT2D eigenvalue weighted by atomic mass is 19.3. The number of hydrogen-bond acceptors (Lipinski definition) is 6. The first kappa shape index (κ1) is 21.2.